The predicted molar refractivity (Wildman–Crippen MR) is 64.9 cm³/mol. The molecule has 4 nitrogen and oxygen atoms in total. The van der Waals surface area contributed by atoms with Gasteiger partial charge in [-0.2, -0.15) is 0 Å². The number of rotatable bonds is 3. The van der Waals surface area contributed by atoms with E-state index in [-0.39, 0.29) is 11.2 Å². The highest BCUT2D eigenvalue weighted by Crippen LogP contribution is 2.36. The number of carboxylic acids is 1. The summed E-state index contributed by atoms with van der Waals surface area (Å²) in [6, 6.07) is 5.70. The molecule has 2 heterocycles. The molecule has 1 aromatic rings. The summed E-state index contributed by atoms with van der Waals surface area (Å²) in [5.41, 5.74) is 1.14. The molecule has 0 saturated carbocycles. The SMILES string of the molecule is CC1CC(C)(C)N1Cc1cccc(C(=O)O)n1. The molecule has 0 spiro atoms. The summed E-state index contributed by atoms with van der Waals surface area (Å²) in [5.74, 6) is -0.970. The van der Waals surface area contributed by atoms with Crippen molar-refractivity contribution in [1.29, 1.82) is 0 Å². The summed E-state index contributed by atoms with van der Waals surface area (Å²) in [7, 11) is 0. The van der Waals surface area contributed by atoms with E-state index in [1.165, 1.54) is 12.5 Å². The molecule has 92 valence electrons. The summed E-state index contributed by atoms with van der Waals surface area (Å²) >= 11 is 0. The van der Waals surface area contributed by atoms with Gasteiger partial charge in [-0.05, 0) is 39.3 Å². The maximum atomic E-state index is 10.8. The molecule has 0 aliphatic carbocycles. The second-order valence-corrected chi connectivity index (χ2v) is 5.31. The van der Waals surface area contributed by atoms with Crippen molar-refractivity contribution in [3.63, 3.8) is 0 Å². The minimum Gasteiger partial charge on any atom is -0.477 e. The second kappa shape index (κ2) is 4.11. The van der Waals surface area contributed by atoms with Crippen LogP contribution in [0.3, 0.4) is 0 Å². The second-order valence-electron chi connectivity index (χ2n) is 5.31. The quantitative estimate of drug-likeness (QED) is 0.870. The van der Waals surface area contributed by atoms with Crippen LogP contribution in [-0.2, 0) is 6.54 Å². The van der Waals surface area contributed by atoms with Gasteiger partial charge in [0, 0.05) is 18.1 Å². The Bertz CT molecular complexity index is 443. The Kier molecular flexibility index (Phi) is 2.91. The molecular formula is C13H18N2O2. The highest BCUT2D eigenvalue weighted by Gasteiger charge is 2.41. The zero-order valence-electron chi connectivity index (χ0n) is 10.5. The van der Waals surface area contributed by atoms with Crippen molar-refractivity contribution in [2.24, 2.45) is 0 Å². The van der Waals surface area contributed by atoms with Gasteiger partial charge in [0.25, 0.3) is 0 Å². The lowest BCUT2D eigenvalue weighted by atomic mass is 9.82. The summed E-state index contributed by atoms with van der Waals surface area (Å²) in [5, 5.41) is 8.89. The van der Waals surface area contributed by atoms with Gasteiger partial charge in [0.05, 0.1) is 5.69 Å². The van der Waals surface area contributed by atoms with Gasteiger partial charge in [-0.1, -0.05) is 6.07 Å². The number of aromatic nitrogens is 1. The summed E-state index contributed by atoms with van der Waals surface area (Å²) in [6.07, 6.45) is 1.17. The average Bonchev–Trinajstić information content (AvgIpc) is 2.26. The van der Waals surface area contributed by atoms with Crippen LogP contribution in [0.1, 0.15) is 43.4 Å². The molecule has 1 atom stereocenters. The molecule has 2 rings (SSSR count). The number of hydrogen-bond acceptors (Lipinski definition) is 3. The van der Waals surface area contributed by atoms with Gasteiger partial charge in [-0.3, -0.25) is 4.90 Å². The highest BCUT2D eigenvalue weighted by atomic mass is 16.4. The molecule has 1 aromatic heterocycles. The fourth-order valence-corrected chi connectivity index (χ4v) is 2.67. The minimum atomic E-state index is -0.970. The van der Waals surface area contributed by atoms with Crippen LogP contribution < -0.4 is 0 Å². The Morgan fingerprint density at radius 3 is 2.82 bits per heavy atom. The lowest BCUT2D eigenvalue weighted by Crippen LogP contribution is -2.60. The topological polar surface area (TPSA) is 53.4 Å². The van der Waals surface area contributed by atoms with Crippen LogP contribution in [0, 0.1) is 0 Å². The van der Waals surface area contributed by atoms with Gasteiger partial charge in [0.1, 0.15) is 5.69 Å². The van der Waals surface area contributed by atoms with E-state index in [4.69, 9.17) is 5.11 Å². The van der Waals surface area contributed by atoms with E-state index in [0.717, 1.165) is 12.2 Å². The van der Waals surface area contributed by atoms with Gasteiger partial charge in [0.2, 0.25) is 0 Å². The first-order chi connectivity index (χ1) is 7.90. The van der Waals surface area contributed by atoms with Gasteiger partial charge in [-0.15, -0.1) is 0 Å². The number of pyridine rings is 1. The largest absolute Gasteiger partial charge is 0.477 e. The molecule has 4 heteroatoms. The van der Waals surface area contributed by atoms with Crippen molar-refractivity contribution in [3.8, 4) is 0 Å². The Morgan fingerprint density at radius 2 is 2.29 bits per heavy atom. The first-order valence-corrected chi connectivity index (χ1v) is 5.86. The van der Waals surface area contributed by atoms with E-state index >= 15 is 0 Å². The molecule has 1 fully saturated rings. The van der Waals surface area contributed by atoms with E-state index in [1.807, 2.05) is 6.07 Å². The molecule has 0 amide bonds. The monoisotopic (exact) mass is 234 g/mol. The third-order valence-corrected chi connectivity index (χ3v) is 3.46. The normalized spacial score (nSPS) is 23.1. The Balaban J connectivity index is 2.14. The third kappa shape index (κ3) is 2.31. The molecule has 0 bridgehead atoms. The van der Waals surface area contributed by atoms with Crippen LogP contribution >= 0.6 is 0 Å². The van der Waals surface area contributed by atoms with E-state index in [2.05, 4.69) is 30.7 Å². The molecule has 1 aliphatic rings. The van der Waals surface area contributed by atoms with Crippen molar-refractivity contribution >= 4 is 5.97 Å². The number of likely N-dealkylation sites (tertiary alicyclic amines) is 1. The van der Waals surface area contributed by atoms with Crippen LogP contribution in [0.25, 0.3) is 0 Å². The standard InChI is InChI=1S/C13H18N2O2/c1-9-7-13(2,3)15(9)8-10-5-4-6-11(14-10)12(16)17/h4-6,9H,7-8H2,1-3H3,(H,16,17). The molecular weight excluding hydrogens is 216 g/mol. The van der Waals surface area contributed by atoms with Crippen LogP contribution in [0.4, 0.5) is 0 Å². The Labute approximate surface area is 101 Å². The van der Waals surface area contributed by atoms with E-state index in [9.17, 15) is 4.79 Å². The van der Waals surface area contributed by atoms with E-state index in [0.29, 0.717) is 6.04 Å². The fraction of sp³-hybridized carbons (Fsp3) is 0.538. The van der Waals surface area contributed by atoms with E-state index in [1.54, 1.807) is 6.07 Å². The number of aromatic carboxylic acids is 1. The van der Waals surface area contributed by atoms with Gasteiger partial charge in [-0.25, -0.2) is 9.78 Å². The molecule has 0 aromatic carbocycles. The summed E-state index contributed by atoms with van der Waals surface area (Å²) < 4.78 is 0. The predicted octanol–water partition coefficient (Wildman–Crippen LogP) is 2.15. The first-order valence-electron chi connectivity index (χ1n) is 5.86. The van der Waals surface area contributed by atoms with Crippen molar-refractivity contribution in [1.82, 2.24) is 9.88 Å². The van der Waals surface area contributed by atoms with Crippen molar-refractivity contribution in [2.75, 3.05) is 0 Å². The number of hydrogen-bond donors (Lipinski definition) is 1. The lowest BCUT2D eigenvalue weighted by molar-refractivity contribution is -0.0486. The average molecular weight is 234 g/mol. The fourth-order valence-electron chi connectivity index (χ4n) is 2.67. The van der Waals surface area contributed by atoms with Gasteiger partial charge < -0.3 is 5.11 Å². The van der Waals surface area contributed by atoms with Crippen LogP contribution in [0.15, 0.2) is 18.2 Å². The zero-order chi connectivity index (χ0) is 12.6. The zero-order valence-corrected chi connectivity index (χ0v) is 10.5. The summed E-state index contributed by atoms with van der Waals surface area (Å²) in [6.45, 7) is 7.31. The molecule has 0 radical (unpaired) electrons. The smallest absolute Gasteiger partial charge is 0.354 e. The van der Waals surface area contributed by atoms with Gasteiger partial charge in [0.15, 0.2) is 0 Å². The summed E-state index contributed by atoms with van der Waals surface area (Å²) in [4.78, 5) is 17.3. The Morgan fingerprint density at radius 1 is 1.59 bits per heavy atom. The molecule has 1 unspecified atom stereocenters. The van der Waals surface area contributed by atoms with Crippen molar-refractivity contribution in [2.45, 2.75) is 45.3 Å². The maximum absolute atomic E-state index is 10.8. The van der Waals surface area contributed by atoms with Crippen LogP contribution in [0.2, 0.25) is 0 Å². The maximum Gasteiger partial charge on any atom is 0.354 e. The first kappa shape index (κ1) is 12.0. The molecule has 1 aliphatic heterocycles. The van der Waals surface area contributed by atoms with E-state index < -0.39 is 5.97 Å². The van der Waals surface area contributed by atoms with Crippen molar-refractivity contribution < 1.29 is 9.90 Å². The third-order valence-electron chi connectivity index (χ3n) is 3.46. The molecule has 1 N–H and O–H groups in total. The minimum absolute atomic E-state index is 0.119. The lowest BCUT2D eigenvalue weighted by Gasteiger charge is -2.54. The van der Waals surface area contributed by atoms with Crippen molar-refractivity contribution in [3.05, 3.63) is 29.6 Å². The number of carbonyl (C=O) groups is 1. The number of nitrogens with zero attached hydrogens (tertiary/aromatic N) is 2. The van der Waals surface area contributed by atoms with Crippen LogP contribution in [-0.4, -0.2) is 32.5 Å². The highest BCUT2D eigenvalue weighted by molar-refractivity contribution is 5.85. The Hall–Kier alpha value is -1.42. The molecule has 17 heavy (non-hydrogen) atoms. The van der Waals surface area contributed by atoms with Crippen LogP contribution in [0.5, 0.6) is 0 Å². The van der Waals surface area contributed by atoms with Gasteiger partial charge >= 0.3 is 5.97 Å². The molecule has 1 saturated heterocycles. The number of carboxylic acid groups (broad SMARTS) is 1.